The van der Waals surface area contributed by atoms with Crippen LogP contribution in [0.1, 0.15) is 284 Å². The molecule has 6 heteroatoms. The van der Waals surface area contributed by atoms with Gasteiger partial charge < -0.3 is 14.2 Å². The fourth-order valence-electron chi connectivity index (χ4n) is 8.84. The van der Waals surface area contributed by atoms with E-state index in [1.165, 1.54) is 89.9 Å². The Balaban J connectivity index is 4.15. The van der Waals surface area contributed by atoms with Gasteiger partial charge in [-0.3, -0.25) is 14.4 Å². The minimum Gasteiger partial charge on any atom is -0.462 e. The molecule has 6 nitrogen and oxygen atoms in total. The van der Waals surface area contributed by atoms with Crippen LogP contribution in [0.15, 0.2) is 158 Å². The fourth-order valence-corrected chi connectivity index (χ4v) is 8.84. The van der Waals surface area contributed by atoms with Crippen LogP contribution in [0.5, 0.6) is 0 Å². The molecule has 0 saturated carbocycles. The minimum absolute atomic E-state index is 0.0877. The maximum absolute atomic E-state index is 12.9. The number of allylic oxidation sites excluding steroid dienone is 26. The van der Waals surface area contributed by atoms with Crippen LogP contribution >= 0.6 is 0 Å². The molecule has 0 spiro atoms. The molecule has 0 N–H and O–H groups in total. The van der Waals surface area contributed by atoms with Gasteiger partial charge in [0.1, 0.15) is 13.2 Å². The first kappa shape index (κ1) is 77.0. The Kier molecular flexibility index (Phi) is 64.4. The van der Waals surface area contributed by atoms with E-state index in [0.717, 1.165) is 154 Å². The number of esters is 3. The topological polar surface area (TPSA) is 78.9 Å². The maximum Gasteiger partial charge on any atom is 0.306 e. The van der Waals surface area contributed by atoms with Gasteiger partial charge in [-0.2, -0.15) is 0 Å². The van der Waals surface area contributed by atoms with E-state index in [2.05, 4.69) is 179 Å². The molecule has 0 rings (SSSR count). The second kappa shape index (κ2) is 68.5. The Bertz CT molecular complexity index is 1830. The Morgan fingerprint density at radius 2 is 0.476 bits per heavy atom. The normalized spacial score (nSPS) is 13.2. The van der Waals surface area contributed by atoms with Crippen LogP contribution in [-0.4, -0.2) is 37.2 Å². The number of carbonyl (C=O) groups excluding carboxylic acids is 3. The van der Waals surface area contributed by atoms with E-state index in [-0.39, 0.29) is 31.1 Å². The van der Waals surface area contributed by atoms with Gasteiger partial charge in [0.25, 0.3) is 0 Å². The van der Waals surface area contributed by atoms with Gasteiger partial charge >= 0.3 is 17.9 Å². The van der Waals surface area contributed by atoms with E-state index in [4.69, 9.17) is 14.2 Å². The Morgan fingerprint density at radius 1 is 0.256 bits per heavy atom. The van der Waals surface area contributed by atoms with Crippen molar-refractivity contribution < 1.29 is 28.6 Å². The quantitative estimate of drug-likeness (QED) is 0.0261. The third-order valence-corrected chi connectivity index (χ3v) is 13.8. The van der Waals surface area contributed by atoms with Crippen molar-refractivity contribution in [2.45, 2.75) is 290 Å². The number of ether oxygens (including phenoxy) is 3. The molecule has 0 amide bonds. The van der Waals surface area contributed by atoms with Gasteiger partial charge in [-0.15, -0.1) is 0 Å². The Morgan fingerprint density at radius 3 is 0.744 bits per heavy atom. The predicted octanol–water partition coefficient (Wildman–Crippen LogP) is 23.3. The van der Waals surface area contributed by atoms with Crippen molar-refractivity contribution in [2.24, 2.45) is 0 Å². The van der Waals surface area contributed by atoms with Gasteiger partial charge in [0.05, 0.1) is 0 Å². The van der Waals surface area contributed by atoms with Crippen molar-refractivity contribution in [1.82, 2.24) is 0 Å². The molecule has 0 saturated heterocycles. The molecule has 82 heavy (non-hydrogen) atoms. The van der Waals surface area contributed by atoms with Crippen molar-refractivity contribution >= 4 is 17.9 Å². The van der Waals surface area contributed by atoms with Gasteiger partial charge in [-0.25, -0.2) is 0 Å². The summed E-state index contributed by atoms with van der Waals surface area (Å²) >= 11 is 0. The summed E-state index contributed by atoms with van der Waals surface area (Å²) in [7, 11) is 0. The summed E-state index contributed by atoms with van der Waals surface area (Å²) in [6, 6.07) is 0. The number of hydrogen-bond donors (Lipinski definition) is 0. The molecule has 0 radical (unpaired) electrons. The van der Waals surface area contributed by atoms with E-state index < -0.39 is 6.10 Å². The van der Waals surface area contributed by atoms with E-state index in [0.29, 0.717) is 19.3 Å². The molecular formula is C76H122O6. The fraction of sp³-hybridized carbons (Fsp3) is 0.618. The van der Waals surface area contributed by atoms with Gasteiger partial charge in [0.15, 0.2) is 6.10 Å². The zero-order valence-corrected chi connectivity index (χ0v) is 52.9. The highest BCUT2D eigenvalue weighted by molar-refractivity contribution is 5.71. The van der Waals surface area contributed by atoms with Crippen LogP contribution in [0.2, 0.25) is 0 Å². The third kappa shape index (κ3) is 65.8. The first-order valence-electron chi connectivity index (χ1n) is 33.5. The molecule has 0 heterocycles. The minimum atomic E-state index is -0.790. The monoisotopic (exact) mass is 1130 g/mol. The molecule has 462 valence electrons. The summed E-state index contributed by atoms with van der Waals surface area (Å²) in [6.07, 6.45) is 100. The summed E-state index contributed by atoms with van der Waals surface area (Å²) < 4.78 is 16.8. The Labute approximate surface area is 505 Å². The standard InChI is InChI=1S/C76H122O6/c1-4-7-10-13-16-18-20-22-24-26-28-30-32-34-36-37-38-39-41-42-44-46-48-50-52-54-56-58-60-63-66-69-75(78)81-72-73(71-80-74(77)68-65-62-15-12-9-6-3)82-76(79)70-67-64-61-59-57-55-53-51-49-47-45-43-40-35-33-31-29-27-25-23-21-19-17-14-11-8-5-2/h7-8,10-11,16-19,22-25,28-31,34-36,38-40,42,44-45,47,73H,4-6,9,12-15,20-21,26-27,32-33,37,41,43,46,48-72H2,1-3H3/b10-7-,11-8-,18-16-,19-17-,24-22-,25-23-,30-28-,31-29-,36-34-,39-38-,40-35-,44-42-,47-45-. The molecule has 1 unspecified atom stereocenters. The summed E-state index contributed by atoms with van der Waals surface area (Å²) in [5.74, 6) is -0.913. The van der Waals surface area contributed by atoms with Crippen LogP contribution < -0.4 is 0 Å². The highest BCUT2D eigenvalue weighted by Gasteiger charge is 2.19. The smallest absolute Gasteiger partial charge is 0.306 e. The number of carbonyl (C=O) groups is 3. The molecule has 0 fully saturated rings. The molecule has 0 aromatic heterocycles. The second-order valence-corrected chi connectivity index (χ2v) is 21.6. The van der Waals surface area contributed by atoms with Crippen LogP contribution in [-0.2, 0) is 28.6 Å². The third-order valence-electron chi connectivity index (χ3n) is 13.8. The molecule has 0 aliphatic heterocycles. The van der Waals surface area contributed by atoms with Gasteiger partial charge in [-0.05, 0) is 128 Å². The van der Waals surface area contributed by atoms with Crippen LogP contribution in [0, 0.1) is 0 Å². The maximum atomic E-state index is 12.9. The van der Waals surface area contributed by atoms with Gasteiger partial charge in [-0.1, -0.05) is 294 Å². The average Bonchev–Trinajstić information content (AvgIpc) is 3.47. The summed E-state index contributed by atoms with van der Waals surface area (Å²) in [5, 5.41) is 0. The van der Waals surface area contributed by atoms with E-state index in [9.17, 15) is 14.4 Å². The van der Waals surface area contributed by atoms with Crippen molar-refractivity contribution in [3.63, 3.8) is 0 Å². The molecular weight excluding hydrogens is 1010 g/mol. The zero-order valence-electron chi connectivity index (χ0n) is 52.9. The largest absolute Gasteiger partial charge is 0.462 e. The van der Waals surface area contributed by atoms with Gasteiger partial charge in [0.2, 0.25) is 0 Å². The van der Waals surface area contributed by atoms with Crippen LogP contribution in [0.25, 0.3) is 0 Å². The molecule has 0 aliphatic carbocycles. The lowest BCUT2D eigenvalue weighted by atomic mass is 10.1. The van der Waals surface area contributed by atoms with Crippen molar-refractivity contribution in [1.29, 1.82) is 0 Å². The van der Waals surface area contributed by atoms with Crippen molar-refractivity contribution in [3.8, 4) is 0 Å². The highest BCUT2D eigenvalue weighted by atomic mass is 16.6. The second-order valence-electron chi connectivity index (χ2n) is 21.6. The lowest BCUT2D eigenvalue weighted by molar-refractivity contribution is -0.167. The zero-order chi connectivity index (χ0) is 59.2. The number of rotatable bonds is 59. The summed E-state index contributed by atoms with van der Waals surface area (Å²) in [4.78, 5) is 38.1. The van der Waals surface area contributed by atoms with E-state index >= 15 is 0 Å². The SMILES string of the molecule is CC/C=C\C/C=C\C/C=C\C/C=C\C/C=C\C/C=C\C/C=C\CCCCCCCCCCCC(=O)OCC(COC(=O)CCCCCCCC)OC(=O)CCCCCCCCCC/C=C\C/C=C\C/C=C\C/C=C\C/C=C\C/C=C\CC. The van der Waals surface area contributed by atoms with Crippen molar-refractivity contribution in [2.75, 3.05) is 13.2 Å². The van der Waals surface area contributed by atoms with Crippen LogP contribution in [0.3, 0.4) is 0 Å². The highest BCUT2D eigenvalue weighted by Crippen LogP contribution is 2.15. The molecule has 0 aromatic carbocycles. The van der Waals surface area contributed by atoms with Crippen molar-refractivity contribution in [3.05, 3.63) is 158 Å². The molecule has 0 bridgehead atoms. The van der Waals surface area contributed by atoms with Crippen LogP contribution in [0.4, 0.5) is 0 Å². The lowest BCUT2D eigenvalue weighted by Crippen LogP contribution is -2.30. The molecule has 0 aromatic rings. The number of hydrogen-bond acceptors (Lipinski definition) is 6. The average molecular weight is 1130 g/mol. The molecule has 0 aliphatic rings. The predicted molar refractivity (Wildman–Crippen MR) is 357 cm³/mol. The summed E-state index contributed by atoms with van der Waals surface area (Å²) in [6.45, 7) is 6.34. The summed E-state index contributed by atoms with van der Waals surface area (Å²) in [5.41, 5.74) is 0. The lowest BCUT2D eigenvalue weighted by Gasteiger charge is -2.18. The van der Waals surface area contributed by atoms with E-state index in [1.54, 1.807) is 0 Å². The first-order valence-corrected chi connectivity index (χ1v) is 33.5. The van der Waals surface area contributed by atoms with E-state index in [1.807, 2.05) is 0 Å². The first-order chi connectivity index (χ1) is 40.5. The number of unbranched alkanes of at least 4 members (excludes halogenated alkanes) is 22. The Hall–Kier alpha value is -4.97. The molecule has 1 atom stereocenters. The van der Waals surface area contributed by atoms with Gasteiger partial charge in [0, 0.05) is 19.3 Å².